The van der Waals surface area contributed by atoms with Crippen LogP contribution in [0.3, 0.4) is 0 Å². The highest BCUT2D eigenvalue weighted by molar-refractivity contribution is 14.1. The Bertz CT molecular complexity index is 855. The highest BCUT2D eigenvalue weighted by Crippen LogP contribution is 2.35. The number of hydrogen-bond acceptors (Lipinski definition) is 3. The Labute approximate surface area is 158 Å². The first-order valence-corrected chi connectivity index (χ1v) is 9.68. The summed E-state index contributed by atoms with van der Waals surface area (Å²) in [5.74, 6) is -0.531. The zero-order chi connectivity index (χ0) is 18.1. The van der Waals surface area contributed by atoms with Crippen LogP contribution in [0.4, 0.5) is 18.9 Å². The van der Waals surface area contributed by atoms with Gasteiger partial charge in [0.05, 0.1) is 14.2 Å². The average molecular weight is 536 g/mol. The van der Waals surface area contributed by atoms with E-state index in [0.29, 0.717) is 3.57 Å². The molecule has 130 valence electrons. The van der Waals surface area contributed by atoms with Gasteiger partial charge in [-0.1, -0.05) is 17.7 Å². The number of halogens is 5. The Kier molecular flexibility index (Phi) is 5.70. The molecule has 2 aromatic carbocycles. The van der Waals surface area contributed by atoms with E-state index in [2.05, 4.69) is 25.4 Å². The molecule has 0 spiro atoms. The lowest BCUT2D eigenvalue weighted by molar-refractivity contribution is -0.274. The van der Waals surface area contributed by atoms with Gasteiger partial charge in [0.1, 0.15) is 5.75 Å². The number of aryl methyl sites for hydroxylation is 1. The van der Waals surface area contributed by atoms with Crippen LogP contribution in [0, 0.1) is 10.5 Å². The minimum Gasteiger partial charge on any atom is -0.406 e. The van der Waals surface area contributed by atoms with E-state index in [-0.39, 0.29) is 15.1 Å². The number of sulfonamides is 1. The molecule has 0 aromatic heterocycles. The molecule has 2 rings (SSSR count). The number of rotatable bonds is 4. The predicted octanol–water partition coefficient (Wildman–Crippen LogP) is 5.06. The minimum absolute atomic E-state index is 0.00200. The van der Waals surface area contributed by atoms with Gasteiger partial charge in [0.25, 0.3) is 10.0 Å². The fourth-order valence-corrected chi connectivity index (χ4v) is 3.88. The predicted molar refractivity (Wildman–Crippen MR) is 95.5 cm³/mol. The third kappa shape index (κ3) is 4.99. The summed E-state index contributed by atoms with van der Waals surface area (Å²) >= 11 is 4.90. The van der Waals surface area contributed by atoms with Gasteiger partial charge in [-0.15, -0.1) is 13.2 Å². The Hall–Kier alpha value is -1.01. The van der Waals surface area contributed by atoms with Crippen LogP contribution in [-0.4, -0.2) is 14.8 Å². The van der Waals surface area contributed by atoms with Crippen LogP contribution in [0.25, 0.3) is 0 Å². The van der Waals surface area contributed by atoms with Gasteiger partial charge in [-0.25, -0.2) is 8.42 Å². The first-order valence-electron chi connectivity index (χ1n) is 6.32. The standard InChI is InChI=1S/C14H10BrF3INO3S/c1-8-2-4-10(5-3-8)24(21,22)20-12-7-9(23-14(16,17)18)6-11(15)13(12)19/h2-7,20H,1H3. The summed E-state index contributed by atoms with van der Waals surface area (Å²) in [6, 6.07) is 8.16. The number of hydrogen-bond donors (Lipinski definition) is 1. The maximum Gasteiger partial charge on any atom is 0.573 e. The van der Waals surface area contributed by atoms with Crippen molar-refractivity contribution in [3.63, 3.8) is 0 Å². The van der Waals surface area contributed by atoms with Crippen molar-refractivity contribution in [3.8, 4) is 5.75 Å². The van der Waals surface area contributed by atoms with Gasteiger partial charge < -0.3 is 4.74 Å². The number of benzene rings is 2. The SMILES string of the molecule is Cc1ccc(S(=O)(=O)Nc2cc(OC(F)(F)F)cc(Br)c2I)cc1. The van der Waals surface area contributed by atoms with Crippen LogP contribution in [0.2, 0.25) is 0 Å². The molecule has 0 amide bonds. The van der Waals surface area contributed by atoms with E-state index in [4.69, 9.17) is 0 Å². The zero-order valence-corrected chi connectivity index (χ0v) is 16.5. The van der Waals surface area contributed by atoms with Gasteiger partial charge in [0, 0.05) is 10.5 Å². The van der Waals surface area contributed by atoms with Crippen molar-refractivity contribution < 1.29 is 26.3 Å². The highest BCUT2D eigenvalue weighted by atomic mass is 127. The summed E-state index contributed by atoms with van der Waals surface area (Å²) in [5.41, 5.74) is 0.858. The van der Waals surface area contributed by atoms with Crippen molar-refractivity contribution >= 4 is 54.2 Å². The van der Waals surface area contributed by atoms with Gasteiger partial charge >= 0.3 is 6.36 Å². The fraction of sp³-hybridized carbons (Fsp3) is 0.143. The Morgan fingerprint density at radius 3 is 2.29 bits per heavy atom. The Morgan fingerprint density at radius 1 is 1.17 bits per heavy atom. The molecule has 0 heterocycles. The molecule has 1 N–H and O–H groups in total. The Balaban J connectivity index is 2.39. The maximum absolute atomic E-state index is 12.4. The van der Waals surface area contributed by atoms with Crippen LogP contribution < -0.4 is 9.46 Å². The molecule has 0 unspecified atom stereocenters. The monoisotopic (exact) mass is 535 g/mol. The van der Waals surface area contributed by atoms with Crippen LogP contribution >= 0.6 is 38.5 Å². The van der Waals surface area contributed by atoms with Crippen molar-refractivity contribution in [2.24, 2.45) is 0 Å². The van der Waals surface area contributed by atoms with Gasteiger partial charge in [0.15, 0.2) is 0 Å². The lowest BCUT2D eigenvalue weighted by Crippen LogP contribution is -2.18. The largest absolute Gasteiger partial charge is 0.573 e. The second-order valence-corrected chi connectivity index (χ2v) is 8.35. The summed E-state index contributed by atoms with van der Waals surface area (Å²) in [6.45, 7) is 1.81. The number of anilines is 1. The molecule has 0 bridgehead atoms. The molecule has 2 aromatic rings. The van der Waals surface area contributed by atoms with E-state index in [9.17, 15) is 21.6 Å². The third-order valence-corrected chi connectivity index (χ3v) is 6.72. The summed E-state index contributed by atoms with van der Waals surface area (Å²) in [6.07, 6.45) is -4.88. The molecule has 0 aliphatic heterocycles. The van der Waals surface area contributed by atoms with E-state index in [1.165, 1.54) is 12.1 Å². The van der Waals surface area contributed by atoms with Gasteiger partial charge in [0.2, 0.25) is 0 Å². The van der Waals surface area contributed by atoms with Crippen molar-refractivity contribution in [1.82, 2.24) is 0 Å². The summed E-state index contributed by atoms with van der Waals surface area (Å²) in [4.78, 5) is 0.00200. The van der Waals surface area contributed by atoms with E-state index >= 15 is 0 Å². The molecule has 0 saturated carbocycles. The van der Waals surface area contributed by atoms with Crippen LogP contribution in [0.15, 0.2) is 45.8 Å². The van der Waals surface area contributed by atoms with Crippen LogP contribution in [0.1, 0.15) is 5.56 Å². The second kappa shape index (κ2) is 7.08. The Morgan fingerprint density at radius 2 is 1.75 bits per heavy atom. The molecule has 0 aliphatic carbocycles. The quantitative estimate of drug-likeness (QED) is 0.557. The zero-order valence-electron chi connectivity index (χ0n) is 12.0. The number of ether oxygens (including phenoxy) is 1. The van der Waals surface area contributed by atoms with E-state index < -0.39 is 22.1 Å². The van der Waals surface area contributed by atoms with Crippen LogP contribution in [-0.2, 0) is 10.0 Å². The van der Waals surface area contributed by atoms with Gasteiger partial charge in [-0.05, 0) is 63.6 Å². The topological polar surface area (TPSA) is 55.4 Å². The van der Waals surface area contributed by atoms with Crippen LogP contribution in [0.5, 0.6) is 5.75 Å². The van der Waals surface area contributed by atoms with E-state index in [1.807, 2.05) is 29.5 Å². The molecule has 0 fully saturated rings. The maximum atomic E-state index is 12.4. The molecule has 0 aliphatic rings. The molecule has 10 heteroatoms. The smallest absolute Gasteiger partial charge is 0.406 e. The summed E-state index contributed by atoms with van der Waals surface area (Å²) in [7, 11) is -3.94. The van der Waals surface area contributed by atoms with E-state index in [0.717, 1.165) is 17.7 Å². The number of alkyl halides is 3. The normalized spacial score (nSPS) is 12.1. The van der Waals surface area contributed by atoms with Gasteiger partial charge in [-0.3, -0.25) is 4.72 Å². The highest BCUT2D eigenvalue weighted by Gasteiger charge is 2.31. The first-order chi connectivity index (χ1) is 11.0. The average Bonchev–Trinajstić information content (AvgIpc) is 2.42. The van der Waals surface area contributed by atoms with Crippen molar-refractivity contribution in [2.45, 2.75) is 18.2 Å². The molecule has 0 atom stereocenters. The minimum atomic E-state index is -4.88. The molecule has 0 radical (unpaired) electrons. The second-order valence-electron chi connectivity index (χ2n) is 4.73. The van der Waals surface area contributed by atoms with Gasteiger partial charge in [-0.2, -0.15) is 0 Å². The third-order valence-electron chi connectivity index (χ3n) is 2.81. The molecular weight excluding hydrogens is 526 g/mol. The van der Waals surface area contributed by atoms with Crippen molar-refractivity contribution in [2.75, 3.05) is 4.72 Å². The van der Waals surface area contributed by atoms with Crippen molar-refractivity contribution in [1.29, 1.82) is 0 Å². The number of nitrogens with one attached hydrogen (secondary N) is 1. The van der Waals surface area contributed by atoms with Crippen molar-refractivity contribution in [3.05, 3.63) is 50.0 Å². The summed E-state index contributed by atoms with van der Waals surface area (Å²) < 4.78 is 68.7. The molecule has 0 saturated heterocycles. The fourth-order valence-electron chi connectivity index (χ4n) is 1.75. The lowest BCUT2D eigenvalue weighted by atomic mass is 10.2. The first kappa shape index (κ1) is 19.3. The summed E-state index contributed by atoms with van der Waals surface area (Å²) in [5, 5.41) is 0. The molecule has 24 heavy (non-hydrogen) atoms. The van der Waals surface area contributed by atoms with E-state index in [1.54, 1.807) is 12.1 Å². The molecule has 4 nitrogen and oxygen atoms in total. The molecular formula is C14H10BrF3INO3S. The lowest BCUT2D eigenvalue weighted by Gasteiger charge is -2.14.